The van der Waals surface area contributed by atoms with E-state index in [1.54, 1.807) is 0 Å². The van der Waals surface area contributed by atoms with Gasteiger partial charge in [-0.05, 0) is 37.5 Å². The lowest BCUT2D eigenvalue weighted by Gasteiger charge is -2.29. The van der Waals surface area contributed by atoms with Crippen LogP contribution in [0.3, 0.4) is 0 Å². The highest BCUT2D eigenvalue weighted by atomic mass is 35.5. The van der Waals surface area contributed by atoms with Crippen molar-refractivity contribution in [2.45, 2.75) is 38.0 Å². The number of fused-ring (bicyclic) bond motifs is 7. The van der Waals surface area contributed by atoms with Gasteiger partial charge >= 0.3 is 5.97 Å². The molecule has 4 atom stereocenters. The fourth-order valence-electron chi connectivity index (χ4n) is 6.14. The van der Waals surface area contributed by atoms with E-state index >= 15 is 0 Å². The molecule has 5 heteroatoms. The molecule has 1 N–H and O–H groups in total. The monoisotopic (exact) mass is 386 g/mol. The highest BCUT2D eigenvalue weighted by Gasteiger charge is 2.84. The van der Waals surface area contributed by atoms with Crippen molar-refractivity contribution in [2.24, 2.45) is 5.92 Å². The largest absolute Gasteiger partial charge is 0.488 e. The molecule has 0 aromatic heterocycles. The molecule has 1 spiro atoms. The lowest BCUT2D eigenvalue weighted by atomic mass is 9.80. The van der Waals surface area contributed by atoms with Crippen molar-refractivity contribution in [3.05, 3.63) is 65.2 Å². The normalized spacial score (nSPS) is 32.8. The Hall–Kier alpha value is -2.04. The van der Waals surface area contributed by atoms with E-state index in [-0.39, 0.29) is 29.9 Å². The number of rotatable bonds is 2. The van der Waals surface area contributed by atoms with Crippen LogP contribution in [0.25, 0.3) is 0 Å². The Morgan fingerprint density at radius 2 is 1.89 bits per heavy atom. The van der Waals surface area contributed by atoms with Gasteiger partial charge in [-0.25, -0.2) is 0 Å². The number of hydrogen-bond donors (Lipinski definition) is 1. The second kappa shape index (κ2) is 6.25. The van der Waals surface area contributed by atoms with Crippen molar-refractivity contribution in [1.29, 1.82) is 0 Å². The lowest BCUT2D eigenvalue weighted by Crippen LogP contribution is -2.41. The van der Waals surface area contributed by atoms with Gasteiger partial charge in [-0.15, -0.1) is 12.4 Å². The summed E-state index contributed by atoms with van der Waals surface area (Å²) in [6, 6.07) is 16.8. The van der Waals surface area contributed by atoms with E-state index < -0.39 is 5.97 Å². The van der Waals surface area contributed by atoms with Crippen molar-refractivity contribution in [2.75, 3.05) is 13.1 Å². The summed E-state index contributed by atoms with van der Waals surface area (Å²) in [6.07, 6.45) is 1.74. The molecule has 4 nitrogen and oxygen atoms in total. The van der Waals surface area contributed by atoms with Gasteiger partial charge in [0, 0.05) is 5.56 Å². The Labute approximate surface area is 165 Å². The summed E-state index contributed by atoms with van der Waals surface area (Å²) in [7, 11) is 0. The van der Waals surface area contributed by atoms with Gasteiger partial charge in [0.2, 0.25) is 5.54 Å². The zero-order valence-electron chi connectivity index (χ0n) is 15.4. The summed E-state index contributed by atoms with van der Waals surface area (Å²) in [4.78, 5) is 12.1. The van der Waals surface area contributed by atoms with E-state index in [9.17, 15) is 9.90 Å². The molecule has 3 aliphatic heterocycles. The molecule has 2 aromatic carbocycles. The number of ether oxygens (including phenoxy) is 1. The fraction of sp³-hybridized carbons (Fsp3) is 0.409. The van der Waals surface area contributed by atoms with Gasteiger partial charge in [0.05, 0.1) is 18.7 Å². The first-order chi connectivity index (χ1) is 12.7. The number of carboxylic acid groups (broad SMARTS) is 1. The summed E-state index contributed by atoms with van der Waals surface area (Å²) < 4.78 is 7.03. The van der Waals surface area contributed by atoms with E-state index in [0.717, 1.165) is 36.2 Å². The predicted octanol–water partition coefficient (Wildman–Crippen LogP) is 3.96. The first-order valence-electron chi connectivity index (χ1n) is 9.57. The number of para-hydroxylation sites is 1. The molecule has 0 radical (unpaired) electrons. The zero-order valence-corrected chi connectivity index (χ0v) is 16.2. The summed E-state index contributed by atoms with van der Waals surface area (Å²) in [5.74, 6) is -0.0428. The number of nitrogens with zero attached hydrogens (tertiary/aromatic N) is 1. The maximum absolute atomic E-state index is 12.1. The Morgan fingerprint density at radius 1 is 1.19 bits per heavy atom. The van der Waals surface area contributed by atoms with Crippen LogP contribution in [0.5, 0.6) is 5.75 Å². The number of hydrogen-bond acceptors (Lipinski definition) is 2. The van der Waals surface area contributed by atoms with Crippen LogP contribution in [0, 0.1) is 5.92 Å². The van der Waals surface area contributed by atoms with Crippen molar-refractivity contribution in [3.8, 4) is 5.75 Å². The molecule has 27 heavy (non-hydrogen) atoms. The first-order valence-corrected chi connectivity index (χ1v) is 9.57. The molecule has 2 aromatic rings. The van der Waals surface area contributed by atoms with Gasteiger partial charge in [0.15, 0.2) is 6.04 Å². The second-order valence-electron chi connectivity index (χ2n) is 7.81. The topological polar surface area (TPSA) is 46.5 Å². The summed E-state index contributed by atoms with van der Waals surface area (Å²) in [5.41, 5.74) is 3.33. The number of quaternary nitrogens is 1. The molecule has 3 heterocycles. The number of likely N-dealkylation sites (N-methyl/N-ethyl adjacent to an activating group) is 1. The minimum Gasteiger partial charge on any atom is -0.488 e. The van der Waals surface area contributed by atoms with E-state index in [0.29, 0.717) is 6.61 Å². The molecule has 0 amide bonds. The number of carboxylic acids is 1. The molecule has 0 saturated carbocycles. The second-order valence-corrected chi connectivity index (χ2v) is 7.81. The summed E-state index contributed by atoms with van der Waals surface area (Å²) in [5, 5.41) is 9.98. The van der Waals surface area contributed by atoms with Crippen LogP contribution >= 0.6 is 12.4 Å². The third-order valence-electron chi connectivity index (χ3n) is 7.04. The Balaban J connectivity index is 0.00000180. The molecule has 142 valence electrons. The van der Waals surface area contributed by atoms with E-state index in [1.807, 2.05) is 12.1 Å². The van der Waals surface area contributed by atoms with Crippen LogP contribution in [0.4, 0.5) is 0 Å². The Bertz CT molecular complexity index is 851. The van der Waals surface area contributed by atoms with Crippen molar-refractivity contribution < 1.29 is 19.1 Å². The molecule has 2 saturated heterocycles. The number of aliphatic carboxylic acids is 1. The summed E-state index contributed by atoms with van der Waals surface area (Å²) in [6.45, 7) is 4.73. The van der Waals surface area contributed by atoms with Crippen LogP contribution in [0.15, 0.2) is 48.5 Å². The van der Waals surface area contributed by atoms with Gasteiger partial charge in [-0.1, -0.05) is 36.4 Å². The first kappa shape index (κ1) is 18.3. The van der Waals surface area contributed by atoms with Crippen LogP contribution in [-0.2, 0) is 16.9 Å². The average Bonchev–Trinajstić information content (AvgIpc) is 3.34. The molecular weight excluding hydrogens is 362 g/mol. The maximum atomic E-state index is 12.1. The van der Waals surface area contributed by atoms with Crippen molar-refractivity contribution in [3.63, 3.8) is 0 Å². The van der Waals surface area contributed by atoms with Gasteiger partial charge in [-0.2, -0.15) is 0 Å². The molecule has 0 aliphatic carbocycles. The lowest BCUT2D eigenvalue weighted by molar-refractivity contribution is -0.846. The highest BCUT2D eigenvalue weighted by molar-refractivity contribution is 5.85. The predicted molar refractivity (Wildman–Crippen MR) is 105 cm³/mol. The molecule has 5 rings (SSSR count). The molecule has 2 unspecified atom stereocenters. The van der Waals surface area contributed by atoms with Gasteiger partial charge in [0.25, 0.3) is 0 Å². The third-order valence-corrected chi connectivity index (χ3v) is 7.04. The van der Waals surface area contributed by atoms with Crippen LogP contribution in [0.2, 0.25) is 0 Å². The van der Waals surface area contributed by atoms with Crippen LogP contribution < -0.4 is 4.74 Å². The molecule has 2 fully saturated rings. The van der Waals surface area contributed by atoms with Crippen LogP contribution in [0.1, 0.15) is 36.5 Å². The summed E-state index contributed by atoms with van der Waals surface area (Å²) >= 11 is 0. The zero-order chi connectivity index (χ0) is 17.9. The standard InChI is InChI=1S/C22H23NO3.ClH/c1-2-23-13-7-9-16(21(24)25)20(23)22(23)17-10-4-3-8-15(17)14-26-19-12-6-5-11-18(19)22;/h3-6,8,10-12,16,20H,2,7,9,13-14H2,1H3;1H/p+1/t16?,20?,22-,23-;/m1./s1. The maximum Gasteiger partial charge on any atom is 0.312 e. The van der Waals surface area contributed by atoms with Gasteiger partial charge in [0.1, 0.15) is 18.3 Å². The third kappa shape index (κ3) is 2.11. The number of benzene rings is 2. The smallest absolute Gasteiger partial charge is 0.312 e. The molecular formula is C22H25ClNO3+. The quantitative estimate of drug-likeness (QED) is 0.627. The average molecular weight is 387 g/mol. The number of piperidine rings is 1. The van der Waals surface area contributed by atoms with E-state index in [4.69, 9.17) is 4.74 Å². The number of halogens is 1. The van der Waals surface area contributed by atoms with Gasteiger partial charge < -0.3 is 9.84 Å². The SMILES string of the molecule is CC[N@@+]12CCCC(C(=O)O)C1[C@]21c2ccccc2COc2ccccc21.Cl. The minimum atomic E-state index is -0.650. The van der Waals surface area contributed by atoms with Crippen LogP contribution in [-0.4, -0.2) is 34.7 Å². The van der Waals surface area contributed by atoms with E-state index in [2.05, 4.69) is 43.3 Å². The fourth-order valence-corrected chi connectivity index (χ4v) is 6.14. The molecule has 3 aliphatic rings. The van der Waals surface area contributed by atoms with E-state index in [1.165, 1.54) is 16.7 Å². The Morgan fingerprint density at radius 3 is 2.63 bits per heavy atom. The number of carbonyl (C=O) groups is 1. The Kier molecular flexibility index (Phi) is 4.24. The van der Waals surface area contributed by atoms with Crippen molar-refractivity contribution in [1.82, 2.24) is 0 Å². The highest BCUT2D eigenvalue weighted by Crippen LogP contribution is 2.69. The van der Waals surface area contributed by atoms with Gasteiger partial charge in [-0.3, -0.25) is 9.28 Å². The molecule has 0 bridgehead atoms. The minimum absolute atomic E-state index is 0. The van der Waals surface area contributed by atoms with Crippen molar-refractivity contribution >= 4 is 18.4 Å².